The number of pyridine rings is 1. The van der Waals surface area contributed by atoms with Gasteiger partial charge in [-0.15, -0.1) is 0 Å². The van der Waals surface area contributed by atoms with Crippen molar-refractivity contribution in [3.63, 3.8) is 0 Å². The predicted octanol–water partition coefficient (Wildman–Crippen LogP) is 4.27. The molecule has 5 aromatic rings. The molecule has 122 valence electrons. The Labute approximate surface area is 143 Å². The molecule has 0 aliphatic rings. The summed E-state index contributed by atoms with van der Waals surface area (Å²) in [6, 6.07) is 18.5. The number of hydrogen-bond donors (Lipinski definition) is 1. The second kappa shape index (κ2) is 4.86. The van der Waals surface area contributed by atoms with E-state index in [0.717, 1.165) is 32.8 Å². The van der Waals surface area contributed by atoms with E-state index in [4.69, 9.17) is 0 Å². The Morgan fingerprint density at radius 3 is 2.68 bits per heavy atom. The molecule has 0 radical (unpaired) electrons. The molecule has 3 aromatic heterocycles. The molecule has 0 saturated carbocycles. The van der Waals surface area contributed by atoms with Gasteiger partial charge in [-0.05, 0) is 42.6 Å². The summed E-state index contributed by atoms with van der Waals surface area (Å²) < 4.78 is 3.68. The van der Waals surface area contributed by atoms with E-state index in [1.807, 2.05) is 48.1 Å². The van der Waals surface area contributed by atoms with E-state index in [2.05, 4.69) is 36.2 Å². The molecule has 2 aromatic carbocycles. The quantitative estimate of drug-likeness (QED) is 0.491. The van der Waals surface area contributed by atoms with Crippen molar-refractivity contribution in [2.24, 2.45) is 7.05 Å². The maximum Gasteiger partial charge on any atom is 0.276 e. The molecule has 1 N–H and O–H groups in total. The third kappa shape index (κ3) is 1.91. The summed E-state index contributed by atoms with van der Waals surface area (Å²) in [5.74, 6) is 0. The zero-order valence-corrected chi connectivity index (χ0v) is 14.1. The van der Waals surface area contributed by atoms with Crippen LogP contribution < -0.4 is 5.56 Å². The summed E-state index contributed by atoms with van der Waals surface area (Å²) >= 11 is 0. The predicted molar refractivity (Wildman–Crippen MR) is 103 cm³/mol. The third-order valence-electron chi connectivity index (χ3n) is 4.97. The van der Waals surface area contributed by atoms with E-state index in [0.29, 0.717) is 5.69 Å². The SMILES string of the molecule is Cc1ccc2[nH]c3c(cc(-n4ccc5ccccc54)c(=O)n3C)c2c1. The largest absolute Gasteiger partial charge is 0.341 e. The van der Waals surface area contributed by atoms with Crippen LogP contribution in [0, 0.1) is 6.92 Å². The van der Waals surface area contributed by atoms with Crippen molar-refractivity contribution in [2.45, 2.75) is 6.92 Å². The lowest BCUT2D eigenvalue weighted by molar-refractivity contribution is 0.874. The highest BCUT2D eigenvalue weighted by molar-refractivity contribution is 6.07. The number of benzene rings is 2. The first-order valence-corrected chi connectivity index (χ1v) is 8.32. The van der Waals surface area contributed by atoms with E-state index in [1.165, 1.54) is 5.56 Å². The molecule has 5 rings (SSSR count). The molecule has 0 amide bonds. The van der Waals surface area contributed by atoms with Gasteiger partial charge in [0.25, 0.3) is 5.56 Å². The summed E-state index contributed by atoms with van der Waals surface area (Å²) in [4.78, 5) is 16.4. The van der Waals surface area contributed by atoms with Gasteiger partial charge < -0.3 is 9.55 Å². The molecular weight excluding hydrogens is 310 g/mol. The molecule has 0 fully saturated rings. The number of hydrogen-bond acceptors (Lipinski definition) is 1. The summed E-state index contributed by atoms with van der Waals surface area (Å²) in [5.41, 5.74) is 4.79. The van der Waals surface area contributed by atoms with Crippen LogP contribution in [0.15, 0.2) is 65.6 Å². The van der Waals surface area contributed by atoms with Gasteiger partial charge in [0.15, 0.2) is 0 Å². The lowest BCUT2D eigenvalue weighted by atomic mass is 10.1. The minimum atomic E-state index is -0.0165. The van der Waals surface area contributed by atoms with Crippen molar-refractivity contribution in [1.82, 2.24) is 14.1 Å². The smallest absolute Gasteiger partial charge is 0.276 e. The highest BCUT2D eigenvalue weighted by Gasteiger charge is 2.14. The maximum atomic E-state index is 13.0. The standard InChI is InChI=1S/C21H17N3O/c1-13-7-8-17-15(11-13)16-12-19(21(25)23(2)20(16)22-17)24-10-9-14-5-3-4-6-18(14)24/h3-12,22H,1-2H3. The second-order valence-electron chi connectivity index (χ2n) is 6.57. The van der Waals surface area contributed by atoms with Crippen LogP contribution in [0.5, 0.6) is 0 Å². The van der Waals surface area contributed by atoms with Crippen LogP contribution in [0.3, 0.4) is 0 Å². The molecule has 0 aliphatic carbocycles. The van der Waals surface area contributed by atoms with Crippen LogP contribution in [0.4, 0.5) is 0 Å². The Morgan fingerprint density at radius 1 is 0.960 bits per heavy atom. The fourth-order valence-electron chi connectivity index (χ4n) is 3.66. The van der Waals surface area contributed by atoms with E-state index in [-0.39, 0.29) is 5.56 Å². The Hall–Kier alpha value is -3.27. The number of aryl methyl sites for hydroxylation is 2. The first-order valence-electron chi connectivity index (χ1n) is 8.32. The Balaban J connectivity index is 1.93. The first-order chi connectivity index (χ1) is 12.1. The van der Waals surface area contributed by atoms with Gasteiger partial charge in [-0.25, -0.2) is 0 Å². The topological polar surface area (TPSA) is 42.7 Å². The van der Waals surface area contributed by atoms with Gasteiger partial charge in [-0.1, -0.05) is 29.8 Å². The van der Waals surface area contributed by atoms with E-state index in [1.54, 1.807) is 4.57 Å². The number of aromatic amines is 1. The number of nitrogens with zero attached hydrogens (tertiary/aromatic N) is 2. The molecule has 0 saturated heterocycles. The molecule has 0 unspecified atom stereocenters. The molecule has 4 nitrogen and oxygen atoms in total. The highest BCUT2D eigenvalue weighted by atomic mass is 16.1. The first kappa shape index (κ1) is 14.1. The fourth-order valence-corrected chi connectivity index (χ4v) is 3.66. The summed E-state index contributed by atoms with van der Waals surface area (Å²) in [6.07, 6.45) is 1.97. The number of aromatic nitrogens is 3. The lowest BCUT2D eigenvalue weighted by Crippen LogP contribution is -2.21. The van der Waals surface area contributed by atoms with Crippen LogP contribution in [0.1, 0.15) is 5.56 Å². The summed E-state index contributed by atoms with van der Waals surface area (Å²) in [6.45, 7) is 2.08. The van der Waals surface area contributed by atoms with Crippen molar-refractivity contribution in [3.05, 3.63) is 76.7 Å². The zero-order chi connectivity index (χ0) is 17.1. The minimum Gasteiger partial charge on any atom is -0.341 e. The number of para-hydroxylation sites is 1. The number of nitrogens with one attached hydrogen (secondary N) is 1. The monoisotopic (exact) mass is 327 g/mol. The van der Waals surface area contributed by atoms with Crippen LogP contribution in [-0.2, 0) is 7.05 Å². The normalized spacial score (nSPS) is 11.8. The number of fused-ring (bicyclic) bond motifs is 4. The zero-order valence-electron chi connectivity index (χ0n) is 14.1. The summed E-state index contributed by atoms with van der Waals surface area (Å²) in [7, 11) is 1.82. The molecule has 3 heterocycles. The average Bonchev–Trinajstić information content (AvgIpc) is 3.19. The Kier molecular flexibility index (Phi) is 2.74. The Morgan fingerprint density at radius 2 is 1.80 bits per heavy atom. The molecule has 0 spiro atoms. The van der Waals surface area contributed by atoms with Crippen LogP contribution in [-0.4, -0.2) is 14.1 Å². The average molecular weight is 327 g/mol. The molecule has 25 heavy (non-hydrogen) atoms. The molecule has 0 atom stereocenters. The van der Waals surface area contributed by atoms with Gasteiger partial charge in [-0.2, -0.15) is 0 Å². The summed E-state index contributed by atoms with van der Waals surface area (Å²) in [5, 5.41) is 3.33. The van der Waals surface area contributed by atoms with Crippen molar-refractivity contribution in [1.29, 1.82) is 0 Å². The van der Waals surface area contributed by atoms with Gasteiger partial charge in [0.05, 0.1) is 5.52 Å². The van der Waals surface area contributed by atoms with Crippen LogP contribution >= 0.6 is 0 Å². The fraction of sp³-hybridized carbons (Fsp3) is 0.0952. The molecular formula is C21H17N3O. The van der Waals surface area contributed by atoms with Crippen molar-refractivity contribution >= 4 is 32.8 Å². The van der Waals surface area contributed by atoms with E-state index >= 15 is 0 Å². The Bertz CT molecular complexity index is 1330. The molecule has 0 bridgehead atoms. The number of rotatable bonds is 1. The highest BCUT2D eigenvalue weighted by Crippen LogP contribution is 2.27. The van der Waals surface area contributed by atoms with Gasteiger partial charge in [0.2, 0.25) is 0 Å². The minimum absolute atomic E-state index is 0.0165. The third-order valence-corrected chi connectivity index (χ3v) is 4.97. The van der Waals surface area contributed by atoms with Crippen LogP contribution in [0.25, 0.3) is 38.5 Å². The maximum absolute atomic E-state index is 13.0. The van der Waals surface area contributed by atoms with Crippen LogP contribution in [0.2, 0.25) is 0 Å². The van der Waals surface area contributed by atoms with Gasteiger partial charge >= 0.3 is 0 Å². The van der Waals surface area contributed by atoms with Gasteiger partial charge in [0, 0.05) is 29.5 Å². The van der Waals surface area contributed by atoms with Crippen molar-refractivity contribution in [3.8, 4) is 5.69 Å². The van der Waals surface area contributed by atoms with Crippen molar-refractivity contribution in [2.75, 3.05) is 0 Å². The van der Waals surface area contributed by atoms with E-state index in [9.17, 15) is 4.79 Å². The molecule has 0 aliphatic heterocycles. The van der Waals surface area contributed by atoms with Crippen molar-refractivity contribution < 1.29 is 0 Å². The second-order valence-corrected chi connectivity index (χ2v) is 6.57. The van der Waals surface area contributed by atoms with Gasteiger partial charge in [-0.3, -0.25) is 9.36 Å². The molecule has 4 heteroatoms. The van der Waals surface area contributed by atoms with E-state index < -0.39 is 0 Å². The van der Waals surface area contributed by atoms with Gasteiger partial charge in [0.1, 0.15) is 11.3 Å². The number of H-pyrrole nitrogens is 1. The lowest BCUT2D eigenvalue weighted by Gasteiger charge is -2.08.